The largest absolute Gasteiger partial charge is 0.482 e. The minimum atomic E-state index is -0.0713. The summed E-state index contributed by atoms with van der Waals surface area (Å²) in [5.74, 6) is 0.852. The molecule has 4 nitrogen and oxygen atoms in total. The fourth-order valence-corrected chi connectivity index (χ4v) is 1.07. The first-order valence-corrected chi connectivity index (χ1v) is 5.27. The summed E-state index contributed by atoms with van der Waals surface area (Å²) in [5, 5.41) is 12.8. The number of hydrazine groups is 1. The Morgan fingerprint density at radius 2 is 1.81 bits per heavy atom. The van der Waals surface area contributed by atoms with E-state index in [0.717, 1.165) is 5.76 Å². The maximum absolute atomic E-state index is 9.21. The molecule has 0 atom stereocenters. The van der Waals surface area contributed by atoms with Crippen LogP contribution in [0.3, 0.4) is 0 Å². The Labute approximate surface area is 98.1 Å². The van der Waals surface area contributed by atoms with Gasteiger partial charge in [0.25, 0.3) is 0 Å². The normalized spacial score (nSPS) is 11.9. The van der Waals surface area contributed by atoms with Crippen LogP contribution in [0.15, 0.2) is 37.1 Å². The summed E-state index contributed by atoms with van der Waals surface area (Å²) in [6.45, 7) is 12.6. The van der Waals surface area contributed by atoms with Crippen LogP contribution >= 0.6 is 0 Å². The lowest BCUT2D eigenvalue weighted by atomic mass is 10.5. The van der Waals surface area contributed by atoms with Gasteiger partial charge in [-0.15, -0.1) is 13.2 Å². The predicted molar refractivity (Wildman–Crippen MR) is 66.3 cm³/mol. The van der Waals surface area contributed by atoms with Crippen molar-refractivity contribution in [2.75, 3.05) is 26.6 Å². The molecule has 0 unspecified atom stereocenters. The smallest absolute Gasteiger partial charge is 0.154 e. The molecule has 0 aliphatic heterocycles. The van der Waals surface area contributed by atoms with Crippen LogP contribution in [0.5, 0.6) is 0 Å². The molecule has 0 aliphatic carbocycles. The van der Waals surface area contributed by atoms with Gasteiger partial charge in [-0.1, -0.05) is 12.2 Å². The average molecular weight is 226 g/mol. The van der Waals surface area contributed by atoms with E-state index >= 15 is 0 Å². The van der Waals surface area contributed by atoms with Crippen LogP contribution in [0.1, 0.15) is 13.8 Å². The number of hydrogen-bond acceptors (Lipinski definition) is 4. The average Bonchev–Trinajstić information content (AvgIpc) is 2.31. The fourth-order valence-electron chi connectivity index (χ4n) is 1.07. The zero-order valence-corrected chi connectivity index (χ0v) is 10.2. The van der Waals surface area contributed by atoms with Gasteiger partial charge < -0.3 is 9.84 Å². The second kappa shape index (κ2) is 9.15. The lowest BCUT2D eigenvalue weighted by Gasteiger charge is -2.31. The highest BCUT2D eigenvalue weighted by Crippen LogP contribution is 2.02. The van der Waals surface area contributed by atoms with E-state index in [-0.39, 0.29) is 6.73 Å². The molecule has 0 amide bonds. The van der Waals surface area contributed by atoms with Crippen molar-refractivity contribution in [1.82, 2.24) is 10.0 Å². The summed E-state index contributed by atoms with van der Waals surface area (Å²) in [6.07, 6.45) is 5.39. The molecule has 0 rings (SSSR count). The standard InChI is InChI=1S/C12H22N2O2/c1-5-8-13(10-15)14(9-6-2)11-16-12(4)7-3/h5-7,15H,1-2,8-11H2,3-4H3/b12-7+. The third-order valence-corrected chi connectivity index (χ3v) is 2.09. The van der Waals surface area contributed by atoms with Crippen LogP contribution < -0.4 is 0 Å². The van der Waals surface area contributed by atoms with Gasteiger partial charge in [0.1, 0.15) is 6.73 Å². The maximum Gasteiger partial charge on any atom is 0.154 e. The summed E-state index contributed by atoms with van der Waals surface area (Å²) in [6, 6.07) is 0. The first kappa shape index (κ1) is 14.9. The summed E-state index contributed by atoms with van der Waals surface area (Å²) in [7, 11) is 0. The first-order chi connectivity index (χ1) is 7.69. The third-order valence-electron chi connectivity index (χ3n) is 2.09. The molecule has 0 aliphatic rings. The van der Waals surface area contributed by atoms with Gasteiger partial charge in [0.15, 0.2) is 6.73 Å². The quantitative estimate of drug-likeness (QED) is 0.281. The number of aliphatic hydroxyl groups excluding tert-OH is 1. The van der Waals surface area contributed by atoms with Crippen LogP contribution in [0.25, 0.3) is 0 Å². The molecule has 0 spiro atoms. The Morgan fingerprint density at radius 3 is 2.25 bits per heavy atom. The summed E-state index contributed by atoms with van der Waals surface area (Å²) in [5.41, 5.74) is 0. The maximum atomic E-state index is 9.21. The highest BCUT2D eigenvalue weighted by molar-refractivity contribution is 4.84. The highest BCUT2D eigenvalue weighted by Gasteiger charge is 2.12. The summed E-state index contributed by atoms with van der Waals surface area (Å²) < 4.78 is 5.49. The molecule has 0 aromatic carbocycles. The molecule has 92 valence electrons. The van der Waals surface area contributed by atoms with E-state index in [0.29, 0.717) is 19.8 Å². The highest BCUT2D eigenvalue weighted by atomic mass is 16.5. The summed E-state index contributed by atoms with van der Waals surface area (Å²) >= 11 is 0. The van der Waals surface area contributed by atoms with Gasteiger partial charge in [0.05, 0.1) is 5.76 Å². The van der Waals surface area contributed by atoms with Crippen molar-refractivity contribution in [3.05, 3.63) is 37.1 Å². The van der Waals surface area contributed by atoms with E-state index in [9.17, 15) is 5.11 Å². The topological polar surface area (TPSA) is 35.9 Å². The van der Waals surface area contributed by atoms with Crippen LogP contribution in [0.2, 0.25) is 0 Å². The fraction of sp³-hybridized carbons (Fsp3) is 0.500. The summed E-state index contributed by atoms with van der Waals surface area (Å²) in [4.78, 5) is 0. The van der Waals surface area contributed by atoms with Crippen molar-refractivity contribution >= 4 is 0 Å². The van der Waals surface area contributed by atoms with Crippen LogP contribution in [-0.4, -0.2) is 41.7 Å². The van der Waals surface area contributed by atoms with E-state index in [1.54, 1.807) is 17.2 Å². The number of aliphatic hydroxyl groups is 1. The van der Waals surface area contributed by atoms with Gasteiger partial charge in [0.2, 0.25) is 0 Å². The molecule has 0 radical (unpaired) electrons. The molecule has 0 aromatic heterocycles. The van der Waals surface area contributed by atoms with Crippen molar-refractivity contribution in [2.24, 2.45) is 0 Å². The molecule has 0 bridgehead atoms. The van der Waals surface area contributed by atoms with Crippen molar-refractivity contribution in [3.8, 4) is 0 Å². The van der Waals surface area contributed by atoms with Gasteiger partial charge in [-0.2, -0.15) is 0 Å². The van der Waals surface area contributed by atoms with E-state index in [1.165, 1.54) is 0 Å². The number of rotatable bonds is 9. The van der Waals surface area contributed by atoms with E-state index < -0.39 is 0 Å². The lowest BCUT2D eigenvalue weighted by molar-refractivity contribution is -0.114. The molecule has 0 saturated carbocycles. The van der Waals surface area contributed by atoms with Gasteiger partial charge in [-0.3, -0.25) is 0 Å². The van der Waals surface area contributed by atoms with Crippen molar-refractivity contribution in [2.45, 2.75) is 13.8 Å². The SMILES string of the molecule is C=CCN(CO)N(CC=C)CO/C(C)=C/C. The molecule has 16 heavy (non-hydrogen) atoms. The molecule has 1 N–H and O–H groups in total. The van der Waals surface area contributed by atoms with E-state index in [2.05, 4.69) is 13.2 Å². The first-order valence-electron chi connectivity index (χ1n) is 5.27. The molecule has 4 heteroatoms. The molecular formula is C12H22N2O2. The van der Waals surface area contributed by atoms with Gasteiger partial charge >= 0.3 is 0 Å². The molecular weight excluding hydrogens is 204 g/mol. The van der Waals surface area contributed by atoms with Crippen molar-refractivity contribution in [3.63, 3.8) is 0 Å². The Morgan fingerprint density at radius 1 is 1.25 bits per heavy atom. The minimum Gasteiger partial charge on any atom is -0.482 e. The van der Waals surface area contributed by atoms with Gasteiger partial charge in [-0.05, 0) is 19.9 Å². The monoisotopic (exact) mass is 226 g/mol. The van der Waals surface area contributed by atoms with Crippen LogP contribution in [-0.2, 0) is 4.74 Å². The lowest BCUT2D eigenvalue weighted by Crippen LogP contribution is -2.44. The number of hydrogen-bond donors (Lipinski definition) is 1. The molecule has 0 saturated heterocycles. The zero-order chi connectivity index (χ0) is 12.4. The third kappa shape index (κ3) is 5.70. The second-order valence-corrected chi connectivity index (χ2v) is 3.27. The Balaban J connectivity index is 4.32. The Hall–Kier alpha value is -1.10. The second-order valence-electron chi connectivity index (χ2n) is 3.27. The van der Waals surface area contributed by atoms with E-state index in [4.69, 9.17) is 4.74 Å². The van der Waals surface area contributed by atoms with Crippen molar-refractivity contribution in [1.29, 1.82) is 0 Å². The molecule has 0 heterocycles. The minimum absolute atomic E-state index is 0.0713. The number of allylic oxidation sites excluding steroid dienone is 2. The molecule has 0 fully saturated rings. The van der Waals surface area contributed by atoms with Crippen LogP contribution in [0.4, 0.5) is 0 Å². The van der Waals surface area contributed by atoms with Gasteiger partial charge in [0, 0.05) is 13.1 Å². The number of nitrogens with zero attached hydrogens (tertiary/aromatic N) is 2. The van der Waals surface area contributed by atoms with Crippen LogP contribution in [0, 0.1) is 0 Å². The predicted octanol–water partition coefficient (Wildman–Crippen LogP) is 1.73. The van der Waals surface area contributed by atoms with Gasteiger partial charge in [-0.25, -0.2) is 10.0 Å². The Bertz CT molecular complexity index is 239. The molecule has 0 aromatic rings. The Kier molecular flexibility index (Phi) is 8.52. The number of ether oxygens (including phenoxy) is 1. The van der Waals surface area contributed by atoms with E-state index in [1.807, 2.05) is 24.9 Å². The van der Waals surface area contributed by atoms with Crippen molar-refractivity contribution < 1.29 is 9.84 Å². The zero-order valence-electron chi connectivity index (χ0n) is 10.2.